The Morgan fingerprint density at radius 1 is 1.38 bits per heavy atom. The van der Waals surface area contributed by atoms with Gasteiger partial charge in [-0.25, -0.2) is 10.2 Å². The topological polar surface area (TPSA) is 50.4 Å². The fourth-order valence-electron chi connectivity index (χ4n) is 2.17. The monoisotopic (exact) mass is 228 g/mol. The molecule has 0 radical (unpaired) electrons. The Balaban J connectivity index is 2.26. The van der Waals surface area contributed by atoms with E-state index in [1.807, 2.05) is 20.8 Å². The first-order chi connectivity index (χ1) is 7.42. The highest BCUT2D eigenvalue weighted by Crippen LogP contribution is 2.27. The zero-order valence-corrected chi connectivity index (χ0v) is 10.8. The summed E-state index contributed by atoms with van der Waals surface area (Å²) in [4.78, 5) is 11.4. The summed E-state index contributed by atoms with van der Waals surface area (Å²) in [6.45, 7) is 7.77. The van der Waals surface area contributed by atoms with Crippen molar-refractivity contribution >= 4 is 6.09 Å². The van der Waals surface area contributed by atoms with E-state index in [1.165, 1.54) is 12.8 Å². The molecule has 1 saturated carbocycles. The fraction of sp³-hybridized carbons (Fsp3) is 0.917. The summed E-state index contributed by atoms with van der Waals surface area (Å²) in [5, 5.41) is 0. The van der Waals surface area contributed by atoms with Crippen LogP contribution in [0.15, 0.2) is 0 Å². The van der Waals surface area contributed by atoms with Gasteiger partial charge in [0.05, 0.1) is 0 Å². The van der Waals surface area contributed by atoms with Crippen molar-refractivity contribution in [2.75, 3.05) is 0 Å². The molecule has 0 aromatic rings. The second-order valence-corrected chi connectivity index (χ2v) is 5.48. The van der Waals surface area contributed by atoms with Crippen molar-refractivity contribution in [1.82, 2.24) is 10.9 Å². The molecule has 0 heterocycles. The van der Waals surface area contributed by atoms with Gasteiger partial charge < -0.3 is 4.74 Å². The molecule has 0 aromatic heterocycles. The molecule has 16 heavy (non-hydrogen) atoms. The third kappa shape index (κ3) is 4.39. The van der Waals surface area contributed by atoms with E-state index in [0.717, 1.165) is 12.8 Å². The van der Waals surface area contributed by atoms with Gasteiger partial charge in [0.2, 0.25) is 0 Å². The van der Waals surface area contributed by atoms with E-state index in [1.54, 1.807) is 0 Å². The van der Waals surface area contributed by atoms with Crippen molar-refractivity contribution in [3.8, 4) is 0 Å². The lowest BCUT2D eigenvalue weighted by atomic mass is 10.0. The summed E-state index contributed by atoms with van der Waals surface area (Å²) < 4.78 is 5.15. The lowest BCUT2D eigenvalue weighted by molar-refractivity contribution is 0.0482. The van der Waals surface area contributed by atoms with Gasteiger partial charge in [-0.2, -0.15) is 0 Å². The van der Waals surface area contributed by atoms with Crippen LogP contribution in [0.5, 0.6) is 0 Å². The maximum atomic E-state index is 11.4. The Labute approximate surface area is 98.1 Å². The Morgan fingerprint density at radius 2 is 2.06 bits per heavy atom. The Bertz CT molecular complexity index is 236. The van der Waals surface area contributed by atoms with Gasteiger partial charge in [-0.3, -0.25) is 5.43 Å². The van der Waals surface area contributed by atoms with Gasteiger partial charge in [-0.15, -0.1) is 0 Å². The van der Waals surface area contributed by atoms with Crippen molar-refractivity contribution in [2.24, 2.45) is 5.92 Å². The normalized spacial score (nSPS) is 25.5. The molecule has 1 fully saturated rings. The van der Waals surface area contributed by atoms with Crippen LogP contribution in [0.2, 0.25) is 0 Å². The number of rotatable bonds is 3. The molecular weight excluding hydrogens is 204 g/mol. The maximum absolute atomic E-state index is 11.4. The van der Waals surface area contributed by atoms with E-state index in [9.17, 15) is 4.79 Å². The number of hydrazine groups is 1. The van der Waals surface area contributed by atoms with Crippen LogP contribution in [0.1, 0.15) is 53.4 Å². The molecule has 1 rings (SSSR count). The highest BCUT2D eigenvalue weighted by Gasteiger charge is 2.26. The van der Waals surface area contributed by atoms with Crippen molar-refractivity contribution in [1.29, 1.82) is 0 Å². The minimum absolute atomic E-state index is 0.394. The van der Waals surface area contributed by atoms with Crippen LogP contribution in [0.25, 0.3) is 0 Å². The van der Waals surface area contributed by atoms with Gasteiger partial charge in [0, 0.05) is 6.04 Å². The smallest absolute Gasteiger partial charge is 0.422 e. The van der Waals surface area contributed by atoms with Gasteiger partial charge in [0.15, 0.2) is 0 Å². The molecule has 0 spiro atoms. The minimum Gasteiger partial charge on any atom is -0.443 e. The number of ether oxygens (including phenoxy) is 1. The fourth-order valence-corrected chi connectivity index (χ4v) is 2.17. The molecule has 0 aromatic carbocycles. The first-order valence-electron chi connectivity index (χ1n) is 6.17. The number of hydrogen-bond donors (Lipinski definition) is 2. The number of hydrogen-bond acceptors (Lipinski definition) is 3. The number of carbonyl (C=O) groups is 1. The van der Waals surface area contributed by atoms with Crippen LogP contribution in [-0.4, -0.2) is 17.7 Å². The third-order valence-corrected chi connectivity index (χ3v) is 2.94. The average molecular weight is 228 g/mol. The molecule has 0 bridgehead atoms. The van der Waals surface area contributed by atoms with Gasteiger partial charge in [0.1, 0.15) is 5.60 Å². The molecule has 0 aliphatic heterocycles. The Kier molecular flexibility index (Phi) is 4.59. The minimum atomic E-state index is -0.439. The second-order valence-electron chi connectivity index (χ2n) is 5.48. The summed E-state index contributed by atoms with van der Waals surface area (Å²) in [6.07, 6.45) is 4.40. The first kappa shape index (κ1) is 13.3. The highest BCUT2D eigenvalue weighted by molar-refractivity contribution is 5.67. The predicted octanol–water partition coefficient (Wildman–Crippen LogP) is 2.59. The van der Waals surface area contributed by atoms with Crippen LogP contribution >= 0.6 is 0 Å². The standard InChI is InChI=1S/C12H24N2O2/c1-5-9-7-6-8-10(9)13-14-11(15)16-12(2,3)4/h9-10,13H,5-8H2,1-4H3,(H,14,15). The van der Waals surface area contributed by atoms with E-state index in [-0.39, 0.29) is 0 Å². The highest BCUT2D eigenvalue weighted by atomic mass is 16.6. The lowest BCUT2D eigenvalue weighted by Gasteiger charge is -2.23. The van der Waals surface area contributed by atoms with Crippen LogP contribution < -0.4 is 10.9 Å². The van der Waals surface area contributed by atoms with Crippen molar-refractivity contribution in [3.05, 3.63) is 0 Å². The summed E-state index contributed by atoms with van der Waals surface area (Å²) in [5.41, 5.74) is 5.28. The third-order valence-electron chi connectivity index (χ3n) is 2.94. The first-order valence-corrected chi connectivity index (χ1v) is 6.17. The number of carbonyl (C=O) groups excluding carboxylic acids is 1. The van der Waals surface area contributed by atoms with Crippen LogP contribution in [0, 0.1) is 5.92 Å². The molecule has 94 valence electrons. The number of amides is 1. The summed E-state index contributed by atoms with van der Waals surface area (Å²) in [5.74, 6) is 0.676. The van der Waals surface area contributed by atoms with Gasteiger partial charge in [-0.1, -0.05) is 19.8 Å². The zero-order chi connectivity index (χ0) is 12.2. The van der Waals surface area contributed by atoms with Gasteiger partial charge in [-0.05, 0) is 39.5 Å². The Hall–Kier alpha value is -0.770. The van der Waals surface area contributed by atoms with E-state index in [4.69, 9.17) is 4.74 Å². The zero-order valence-electron chi connectivity index (χ0n) is 10.8. The second kappa shape index (κ2) is 5.53. The predicted molar refractivity (Wildman–Crippen MR) is 63.9 cm³/mol. The quantitative estimate of drug-likeness (QED) is 0.730. The van der Waals surface area contributed by atoms with Crippen LogP contribution in [0.3, 0.4) is 0 Å². The average Bonchev–Trinajstić information content (AvgIpc) is 2.59. The molecule has 1 aliphatic rings. The Morgan fingerprint density at radius 3 is 2.62 bits per heavy atom. The van der Waals surface area contributed by atoms with Gasteiger partial charge >= 0.3 is 6.09 Å². The molecule has 4 heteroatoms. The van der Waals surface area contributed by atoms with Gasteiger partial charge in [0.25, 0.3) is 0 Å². The molecule has 1 aliphatic carbocycles. The van der Waals surface area contributed by atoms with Crippen molar-refractivity contribution < 1.29 is 9.53 Å². The van der Waals surface area contributed by atoms with E-state index >= 15 is 0 Å². The molecule has 2 unspecified atom stereocenters. The molecule has 1 amide bonds. The van der Waals surface area contributed by atoms with Crippen LogP contribution in [-0.2, 0) is 4.74 Å². The number of nitrogens with one attached hydrogen (secondary N) is 2. The molecular formula is C12H24N2O2. The molecule has 2 N–H and O–H groups in total. The summed E-state index contributed by atoms with van der Waals surface area (Å²) in [6, 6.07) is 0.400. The molecule has 0 saturated heterocycles. The van der Waals surface area contributed by atoms with E-state index in [2.05, 4.69) is 17.8 Å². The SMILES string of the molecule is CCC1CCCC1NNC(=O)OC(C)(C)C. The molecule has 4 nitrogen and oxygen atoms in total. The van der Waals surface area contributed by atoms with E-state index in [0.29, 0.717) is 12.0 Å². The van der Waals surface area contributed by atoms with Crippen LogP contribution in [0.4, 0.5) is 4.79 Å². The van der Waals surface area contributed by atoms with Crippen molar-refractivity contribution in [3.63, 3.8) is 0 Å². The maximum Gasteiger partial charge on any atom is 0.422 e. The lowest BCUT2D eigenvalue weighted by Crippen LogP contribution is -2.47. The summed E-state index contributed by atoms with van der Waals surface area (Å²) >= 11 is 0. The summed E-state index contributed by atoms with van der Waals surface area (Å²) in [7, 11) is 0. The largest absolute Gasteiger partial charge is 0.443 e. The molecule has 2 atom stereocenters. The van der Waals surface area contributed by atoms with E-state index < -0.39 is 11.7 Å². The van der Waals surface area contributed by atoms with Crippen molar-refractivity contribution in [2.45, 2.75) is 65.0 Å².